The number of nitrogens with zero attached hydrogens (tertiary/aromatic N) is 4. The van der Waals surface area contributed by atoms with E-state index in [0.29, 0.717) is 0 Å². The van der Waals surface area contributed by atoms with E-state index in [0.717, 1.165) is 33.1 Å². The number of para-hydroxylation sites is 1. The summed E-state index contributed by atoms with van der Waals surface area (Å²) in [6, 6.07) is 15.7. The van der Waals surface area contributed by atoms with Crippen LogP contribution in [0.2, 0.25) is 0 Å². The molecule has 2 aromatic carbocycles. The zero-order chi connectivity index (χ0) is 15.2. The fourth-order valence-corrected chi connectivity index (χ4v) is 3.21. The number of pyridine rings is 1. The maximum atomic E-state index is 4.53. The van der Waals surface area contributed by atoms with Crippen molar-refractivity contribution >= 4 is 50.4 Å². The normalized spacial score (nSPS) is 10.6. The maximum absolute atomic E-state index is 4.53. The van der Waals surface area contributed by atoms with Gasteiger partial charge in [-0.25, -0.2) is 9.97 Å². The van der Waals surface area contributed by atoms with Gasteiger partial charge in [-0.15, -0.1) is 29.7 Å². The molecule has 5 aromatic rings. The number of halogens is 1. The molecule has 0 saturated carbocycles. The van der Waals surface area contributed by atoms with Crippen LogP contribution in [0.5, 0.6) is 0 Å². The summed E-state index contributed by atoms with van der Waals surface area (Å²) in [6.07, 6.45) is 9.04. The van der Waals surface area contributed by atoms with E-state index >= 15 is 0 Å². The molecule has 3 heterocycles. The molecule has 5 rings (SSSR count). The summed E-state index contributed by atoms with van der Waals surface area (Å²) in [5.41, 5.74) is 4.11. The molecule has 0 fully saturated rings. The third-order valence-corrected chi connectivity index (χ3v) is 4.16. The van der Waals surface area contributed by atoms with E-state index in [1.54, 1.807) is 6.33 Å². The zero-order valence-corrected chi connectivity index (χ0v) is 16.8. The molecule has 0 radical (unpaired) electrons. The van der Waals surface area contributed by atoms with Crippen LogP contribution in [0.15, 0.2) is 67.5 Å². The summed E-state index contributed by atoms with van der Waals surface area (Å²) in [6.45, 7) is 0. The van der Waals surface area contributed by atoms with Crippen molar-refractivity contribution in [3.8, 4) is 11.1 Å². The predicted molar refractivity (Wildman–Crippen MR) is 95.8 cm³/mol. The molecular weight excluding hydrogens is 435 g/mol. The minimum absolute atomic E-state index is 0. The van der Waals surface area contributed by atoms with Gasteiger partial charge in [0.2, 0.25) is 0 Å². The van der Waals surface area contributed by atoms with Crippen LogP contribution < -0.4 is 24.0 Å². The van der Waals surface area contributed by atoms with Gasteiger partial charge >= 0.3 is 23.1 Å². The molecular formula is C19H11IMgN4. The van der Waals surface area contributed by atoms with Gasteiger partial charge in [0.25, 0.3) is 0 Å². The van der Waals surface area contributed by atoms with Crippen LogP contribution in [-0.2, 0) is 0 Å². The zero-order valence-electron chi connectivity index (χ0n) is 13.2. The Morgan fingerprint density at radius 3 is 2.60 bits per heavy atom. The second-order valence-corrected chi connectivity index (χ2v) is 5.41. The Morgan fingerprint density at radius 2 is 1.76 bits per heavy atom. The van der Waals surface area contributed by atoms with Gasteiger partial charge in [-0.1, -0.05) is 23.6 Å². The molecule has 0 aliphatic rings. The summed E-state index contributed by atoms with van der Waals surface area (Å²) >= 11 is 0. The Balaban J connectivity index is 0.000000911. The Hall–Kier alpha value is -1.77. The Kier molecular flexibility index (Phi) is 5.21. The first kappa shape index (κ1) is 18.0. The number of benzene rings is 2. The van der Waals surface area contributed by atoms with E-state index < -0.39 is 0 Å². The van der Waals surface area contributed by atoms with Crippen LogP contribution in [0.1, 0.15) is 0 Å². The molecule has 0 saturated heterocycles. The quantitative estimate of drug-likeness (QED) is 0.163. The van der Waals surface area contributed by atoms with E-state index in [-0.39, 0.29) is 47.0 Å². The van der Waals surface area contributed by atoms with Crippen molar-refractivity contribution in [2.45, 2.75) is 0 Å². The minimum atomic E-state index is 0. The molecule has 25 heavy (non-hydrogen) atoms. The van der Waals surface area contributed by atoms with E-state index in [1.807, 2.05) is 36.9 Å². The molecule has 0 atom stereocenters. The monoisotopic (exact) mass is 446 g/mol. The van der Waals surface area contributed by atoms with E-state index in [2.05, 4.69) is 49.7 Å². The van der Waals surface area contributed by atoms with Crippen molar-refractivity contribution in [3.63, 3.8) is 0 Å². The van der Waals surface area contributed by atoms with Gasteiger partial charge in [-0.2, -0.15) is 0 Å². The molecule has 116 valence electrons. The van der Waals surface area contributed by atoms with Crippen molar-refractivity contribution in [1.82, 2.24) is 19.4 Å². The molecule has 0 N–H and O–H groups in total. The smallest absolute Gasteiger partial charge is 1.00 e. The Morgan fingerprint density at radius 1 is 0.960 bits per heavy atom. The van der Waals surface area contributed by atoms with Crippen LogP contribution >= 0.6 is 0 Å². The van der Waals surface area contributed by atoms with E-state index in [9.17, 15) is 0 Å². The first-order valence-electron chi connectivity index (χ1n) is 7.37. The molecule has 3 aromatic heterocycles. The standard InChI is InChI=1S/C19H11N4.HI.Mg/c1-2-5-17-15(4-1)16-7-3-6-14(13-10-20-12-21-11-13)18(16)23-9-8-22-19(17)23;;/h1-4,6-12H;1H;/q-1;;+2/p-1. The molecule has 0 bridgehead atoms. The number of hydrogen-bond donors (Lipinski definition) is 0. The first-order valence-corrected chi connectivity index (χ1v) is 7.37. The fraction of sp³-hybridized carbons (Fsp3) is 0. The van der Waals surface area contributed by atoms with Crippen LogP contribution in [-0.4, -0.2) is 42.4 Å². The number of imidazole rings is 1. The van der Waals surface area contributed by atoms with Crippen molar-refractivity contribution in [1.29, 1.82) is 0 Å². The van der Waals surface area contributed by atoms with Crippen molar-refractivity contribution < 1.29 is 24.0 Å². The SMILES string of the molecule is [I-].[Mg+2].[c-]1cccc2c1c1nccn1c1c(-c3cncnc3)cccc21. The summed E-state index contributed by atoms with van der Waals surface area (Å²) < 4.78 is 2.12. The minimum Gasteiger partial charge on any atom is -1.00 e. The number of rotatable bonds is 1. The molecule has 0 spiro atoms. The largest absolute Gasteiger partial charge is 2.00 e. The molecule has 0 unspecified atom stereocenters. The number of hydrogen-bond acceptors (Lipinski definition) is 3. The van der Waals surface area contributed by atoms with Gasteiger partial charge in [-0.3, -0.25) is 4.98 Å². The first-order chi connectivity index (χ1) is 11.4. The van der Waals surface area contributed by atoms with Gasteiger partial charge in [0.05, 0.1) is 5.65 Å². The van der Waals surface area contributed by atoms with Gasteiger partial charge in [0, 0.05) is 41.4 Å². The van der Waals surface area contributed by atoms with Crippen LogP contribution in [0.3, 0.4) is 0 Å². The molecule has 0 aliphatic heterocycles. The third-order valence-electron chi connectivity index (χ3n) is 4.16. The number of aromatic nitrogens is 4. The second-order valence-electron chi connectivity index (χ2n) is 5.41. The topological polar surface area (TPSA) is 43.1 Å². The molecule has 0 amide bonds. The second kappa shape index (κ2) is 7.23. The Labute approximate surface area is 177 Å². The van der Waals surface area contributed by atoms with Crippen LogP contribution in [0, 0.1) is 6.07 Å². The van der Waals surface area contributed by atoms with E-state index in [1.165, 1.54) is 5.39 Å². The summed E-state index contributed by atoms with van der Waals surface area (Å²) in [5.74, 6) is 0. The number of fused-ring (bicyclic) bond motifs is 6. The van der Waals surface area contributed by atoms with Crippen molar-refractivity contribution in [2.75, 3.05) is 0 Å². The van der Waals surface area contributed by atoms with Gasteiger partial charge < -0.3 is 28.4 Å². The summed E-state index contributed by atoms with van der Waals surface area (Å²) in [4.78, 5) is 12.8. The van der Waals surface area contributed by atoms with Gasteiger partial charge in [0.15, 0.2) is 0 Å². The van der Waals surface area contributed by atoms with Crippen molar-refractivity contribution in [2.24, 2.45) is 0 Å². The average Bonchev–Trinajstić information content (AvgIpc) is 3.12. The maximum Gasteiger partial charge on any atom is 2.00 e. The third kappa shape index (κ3) is 2.78. The molecule has 4 nitrogen and oxygen atoms in total. The molecule has 0 aliphatic carbocycles. The van der Waals surface area contributed by atoms with Crippen LogP contribution in [0.4, 0.5) is 0 Å². The van der Waals surface area contributed by atoms with Crippen molar-refractivity contribution in [3.05, 3.63) is 73.6 Å². The van der Waals surface area contributed by atoms with Crippen LogP contribution in [0.25, 0.3) is 38.4 Å². The summed E-state index contributed by atoms with van der Waals surface area (Å²) in [5, 5.41) is 3.36. The van der Waals surface area contributed by atoms with Gasteiger partial charge in [-0.05, 0) is 5.39 Å². The fourth-order valence-electron chi connectivity index (χ4n) is 3.21. The van der Waals surface area contributed by atoms with Gasteiger partial charge in [0.1, 0.15) is 6.33 Å². The Bertz CT molecular complexity index is 1170. The summed E-state index contributed by atoms with van der Waals surface area (Å²) in [7, 11) is 0. The molecule has 6 heteroatoms. The predicted octanol–water partition coefficient (Wildman–Crippen LogP) is 0.521. The average molecular weight is 447 g/mol. The van der Waals surface area contributed by atoms with E-state index in [4.69, 9.17) is 0 Å².